The van der Waals surface area contributed by atoms with Crippen LogP contribution < -0.4 is 0 Å². The Bertz CT molecular complexity index is 582. The first-order valence-corrected chi connectivity index (χ1v) is 10.9. The third-order valence-electron chi connectivity index (χ3n) is 6.97. The predicted molar refractivity (Wildman–Crippen MR) is 111 cm³/mol. The maximum atomic E-state index is 9.64. The number of aliphatic hydroxyl groups excluding tert-OH is 1. The Morgan fingerprint density at radius 3 is 2.69 bits per heavy atom. The fraction of sp³-hybridized carbons (Fsp3) is 0.750. The van der Waals surface area contributed by atoms with Crippen molar-refractivity contribution >= 4 is 0 Å². The second-order valence-corrected chi connectivity index (χ2v) is 9.70. The standard InChI is InChI=1S/C24H39NO/c1-24(18-26)13-12-23(17-24)22-11-10-20-15-19(8-9-21(20)16-22)7-5-4-6-14-25(2)3/h10-11,16,19,23,26H,4-9,12-15,17-18H2,1-3H3/t19-,23+,24+/m1/s1. The molecule has 2 aliphatic carbocycles. The molecule has 0 unspecified atom stereocenters. The van der Waals surface area contributed by atoms with Crippen LogP contribution >= 0.6 is 0 Å². The van der Waals surface area contributed by atoms with Crippen LogP contribution in [0.4, 0.5) is 0 Å². The number of aryl methyl sites for hydroxylation is 1. The lowest BCUT2D eigenvalue weighted by Gasteiger charge is -2.26. The minimum Gasteiger partial charge on any atom is -0.396 e. The Morgan fingerprint density at radius 1 is 1.12 bits per heavy atom. The van der Waals surface area contributed by atoms with Crippen molar-refractivity contribution in [1.82, 2.24) is 4.90 Å². The molecule has 0 spiro atoms. The van der Waals surface area contributed by atoms with Gasteiger partial charge in [-0.05, 0) is 99.5 Å². The quantitative estimate of drug-likeness (QED) is 0.648. The molecule has 2 nitrogen and oxygen atoms in total. The van der Waals surface area contributed by atoms with Gasteiger partial charge in [0.2, 0.25) is 0 Å². The zero-order chi connectivity index (χ0) is 18.6. The minimum absolute atomic E-state index is 0.151. The summed E-state index contributed by atoms with van der Waals surface area (Å²) in [6, 6.07) is 7.33. The number of rotatable bonds is 8. The summed E-state index contributed by atoms with van der Waals surface area (Å²) in [6.07, 6.45) is 13.0. The molecule has 0 bridgehead atoms. The van der Waals surface area contributed by atoms with E-state index in [0.29, 0.717) is 12.5 Å². The highest BCUT2D eigenvalue weighted by molar-refractivity contribution is 5.36. The molecule has 0 heterocycles. The molecule has 0 amide bonds. The van der Waals surface area contributed by atoms with Crippen LogP contribution in [0.15, 0.2) is 18.2 Å². The first-order valence-electron chi connectivity index (χ1n) is 10.9. The van der Waals surface area contributed by atoms with Crippen LogP contribution in [0.1, 0.15) is 80.9 Å². The van der Waals surface area contributed by atoms with Gasteiger partial charge in [0.15, 0.2) is 0 Å². The second-order valence-electron chi connectivity index (χ2n) is 9.70. The molecule has 1 saturated carbocycles. The lowest BCUT2D eigenvalue weighted by atomic mass is 9.79. The minimum atomic E-state index is 0.151. The van der Waals surface area contributed by atoms with E-state index < -0.39 is 0 Å². The fourth-order valence-electron chi connectivity index (χ4n) is 5.14. The molecule has 2 aliphatic rings. The molecule has 26 heavy (non-hydrogen) atoms. The Morgan fingerprint density at radius 2 is 1.96 bits per heavy atom. The number of hydrogen-bond acceptors (Lipinski definition) is 2. The van der Waals surface area contributed by atoms with Crippen LogP contribution in [0.5, 0.6) is 0 Å². The molecule has 0 aromatic heterocycles. The number of benzene rings is 1. The average Bonchev–Trinajstić information content (AvgIpc) is 3.04. The van der Waals surface area contributed by atoms with Crippen molar-refractivity contribution in [2.24, 2.45) is 11.3 Å². The van der Waals surface area contributed by atoms with Crippen LogP contribution in [0.3, 0.4) is 0 Å². The molecule has 3 rings (SSSR count). The molecule has 1 fully saturated rings. The van der Waals surface area contributed by atoms with Crippen LogP contribution in [-0.2, 0) is 12.8 Å². The van der Waals surface area contributed by atoms with E-state index in [9.17, 15) is 5.11 Å². The zero-order valence-electron chi connectivity index (χ0n) is 17.3. The molecular formula is C24H39NO. The SMILES string of the molecule is CN(C)CCCCC[C@@H]1CCc2cc([C@H]3CC[C@](C)(CO)C3)ccc2C1. The van der Waals surface area contributed by atoms with Gasteiger partial charge in [-0.3, -0.25) is 0 Å². The Kier molecular flexibility index (Phi) is 6.80. The van der Waals surface area contributed by atoms with E-state index in [4.69, 9.17) is 0 Å². The summed E-state index contributed by atoms with van der Waals surface area (Å²) in [5, 5.41) is 9.64. The van der Waals surface area contributed by atoms with E-state index in [1.54, 1.807) is 11.1 Å². The highest BCUT2D eigenvalue weighted by Gasteiger charge is 2.35. The highest BCUT2D eigenvalue weighted by Crippen LogP contribution is 2.46. The van der Waals surface area contributed by atoms with Crippen molar-refractivity contribution in [1.29, 1.82) is 0 Å². The van der Waals surface area contributed by atoms with E-state index in [1.807, 2.05) is 0 Å². The van der Waals surface area contributed by atoms with Crippen LogP contribution in [0.25, 0.3) is 0 Å². The first kappa shape index (κ1) is 19.9. The molecular weight excluding hydrogens is 318 g/mol. The second kappa shape index (κ2) is 8.89. The molecule has 0 saturated heterocycles. The van der Waals surface area contributed by atoms with Crippen LogP contribution in [0, 0.1) is 11.3 Å². The van der Waals surface area contributed by atoms with Gasteiger partial charge in [-0.15, -0.1) is 0 Å². The predicted octanol–water partition coefficient (Wildman–Crippen LogP) is 5.18. The van der Waals surface area contributed by atoms with Crippen LogP contribution in [-0.4, -0.2) is 37.3 Å². The van der Waals surface area contributed by atoms with Crippen molar-refractivity contribution in [3.63, 3.8) is 0 Å². The van der Waals surface area contributed by atoms with E-state index in [1.165, 1.54) is 69.9 Å². The topological polar surface area (TPSA) is 23.5 Å². The molecule has 3 atom stereocenters. The van der Waals surface area contributed by atoms with Gasteiger partial charge in [0.1, 0.15) is 0 Å². The van der Waals surface area contributed by atoms with Gasteiger partial charge in [-0.25, -0.2) is 0 Å². The third-order valence-corrected chi connectivity index (χ3v) is 6.97. The summed E-state index contributed by atoms with van der Waals surface area (Å²) >= 11 is 0. The summed E-state index contributed by atoms with van der Waals surface area (Å²) in [5.74, 6) is 1.56. The van der Waals surface area contributed by atoms with Gasteiger partial charge in [0, 0.05) is 6.61 Å². The summed E-state index contributed by atoms with van der Waals surface area (Å²) in [6.45, 7) is 3.81. The van der Waals surface area contributed by atoms with E-state index >= 15 is 0 Å². The normalized spacial score (nSPS) is 28.5. The van der Waals surface area contributed by atoms with E-state index in [2.05, 4.69) is 44.1 Å². The molecule has 1 aromatic carbocycles. The Hall–Kier alpha value is -0.860. The number of unbranched alkanes of at least 4 members (excludes halogenated alkanes) is 2. The van der Waals surface area contributed by atoms with Gasteiger partial charge in [0.25, 0.3) is 0 Å². The number of hydrogen-bond donors (Lipinski definition) is 1. The van der Waals surface area contributed by atoms with E-state index in [0.717, 1.165) is 12.3 Å². The number of fused-ring (bicyclic) bond motifs is 1. The first-order chi connectivity index (χ1) is 12.5. The van der Waals surface area contributed by atoms with Crippen molar-refractivity contribution in [3.05, 3.63) is 34.9 Å². The van der Waals surface area contributed by atoms with Gasteiger partial charge in [-0.2, -0.15) is 0 Å². The molecule has 1 aromatic rings. The van der Waals surface area contributed by atoms with E-state index in [-0.39, 0.29) is 5.41 Å². The van der Waals surface area contributed by atoms with Gasteiger partial charge < -0.3 is 10.0 Å². The maximum absolute atomic E-state index is 9.64. The van der Waals surface area contributed by atoms with Crippen molar-refractivity contribution in [3.8, 4) is 0 Å². The molecule has 1 N–H and O–H groups in total. The summed E-state index contributed by atoms with van der Waals surface area (Å²) in [7, 11) is 4.34. The lowest BCUT2D eigenvalue weighted by Crippen LogP contribution is -2.17. The Balaban J connectivity index is 1.50. The number of nitrogens with zero attached hydrogens (tertiary/aromatic N) is 1. The number of aliphatic hydroxyl groups is 1. The Labute approximate surface area is 161 Å². The zero-order valence-corrected chi connectivity index (χ0v) is 17.3. The molecule has 2 heteroatoms. The van der Waals surface area contributed by atoms with Gasteiger partial charge >= 0.3 is 0 Å². The van der Waals surface area contributed by atoms with Crippen LogP contribution in [0.2, 0.25) is 0 Å². The largest absolute Gasteiger partial charge is 0.396 e. The summed E-state index contributed by atoms with van der Waals surface area (Å²) in [5.41, 5.74) is 4.91. The molecule has 0 aliphatic heterocycles. The molecule has 146 valence electrons. The van der Waals surface area contributed by atoms with Crippen molar-refractivity contribution < 1.29 is 5.11 Å². The summed E-state index contributed by atoms with van der Waals surface area (Å²) in [4.78, 5) is 2.29. The smallest absolute Gasteiger partial charge is 0.0484 e. The monoisotopic (exact) mass is 357 g/mol. The van der Waals surface area contributed by atoms with Gasteiger partial charge in [-0.1, -0.05) is 44.4 Å². The third kappa shape index (κ3) is 5.10. The average molecular weight is 358 g/mol. The lowest BCUT2D eigenvalue weighted by molar-refractivity contribution is 0.147. The van der Waals surface area contributed by atoms with Crippen molar-refractivity contribution in [2.45, 2.75) is 77.0 Å². The van der Waals surface area contributed by atoms with Crippen molar-refractivity contribution in [2.75, 3.05) is 27.2 Å². The maximum Gasteiger partial charge on any atom is 0.0484 e. The highest BCUT2D eigenvalue weighted by atomic mass is 16.3. The van der Waals surface area contributed by atoms with Gasteiger partial charge in [0.05, 0.1) is 0 Å². The fourth-order valence-corrected chi connectivity index (χ4v) is 5.14. The molecule has 0 radical (unpaired) electrons. The summed E-state index contributed by atoms with van der Waals surface area (Å²) < 4.78 is 0.